The monoisotopic (exact) mass is 414 g/mol. The summed E-state index contributed by atoms with van der Waals surface area (Å²) in [5, 5.41) is 13.2. The van der Waals surface area contributed by atoms with Crippen LogP contribution in [0.4, 0.5) is 0 Å². The summed E-state index contributed by atoms with van der Waals surface area (Å²) in [7, 11) is 0. The topological polar surface area (TPSA) is 129 Å². The van der Waals surface area contributed by atoms with Gasteiger partial charge in [0.1, 0.15) is 12.1 Å². The number of carbonyl (C=O) groups excluding carboxylic acids is 2. The highest BCUT2D eigenvalue weighted by atomic mass is 16.4. The predicted molar refractivity (Wildman–Crippen MR) is 114 cm³/mol. The molecule has 3 rings (SSSR count). The van der Waals surface area contributed by atoms with Gasteiger partial charge in [-0.15, -0.1) is 0 Å². The number of aromatic nitrogens is 1. The third kappa shape index (κ3) is 4.48. The van der Waals surface area contributed by atoms with Crippen molar-refractivity contribution in [2.45, 2.75) is 57.7 Å². The number of nitrogens with two attached hydrogens (primary N) is 1. The lowest BCUT2D eigenvalue weighted by atomic mass is 9.96. The minimum Gasteiger partial charge on any atom is -0.480 e. The Kier molecular flexibility index (Phi) is 6.77. The van der Waals surface area contributed by atoms with Crippen molar-refractivity contribution in [3.8, 4) is 0 Å². The molecule has 2 amide bonds. The van der Waals surface area contributed by atoms with Crippen LogP contribution in [-0.4, -0.2) is 57.4 Å². The highest BCUT2D eigenvalue weighted by Crippen LogP contribution is 2.22. The maximum atomic E-state index is 13.1. The first-order valence-electron chi connectivity index (χ1n) is 10.5. The Hall–Kier alpha value is -2.87. The highest BCUT2D eigenvalue weighted by molar-refractivity contribution is 5.93. The van der Waals surface area contributed by atoms with Gasteiger partial charge in [0.05, 0.1) is 6.04 Å². The third-order valence-corrected chi connectivity index (χ3v) is 6.05. The molecule has 2 aromatic rings. The molecule has 1 aliphatic rings. The molecule has 1 saturated heterocycles. The third-order valence-electron chi connectivity index (χ3n) is 6.05. The van der Waals surface area contributed by atoms with E-state index in [9.17, 15) is 19.5 Å². The van der Waals surface area contributed by atoms with Gasteiger partial charge < -0.3 is 26.0 Å². The number of likely N-dealkylation sites (tertiary alicyclic amines) is 1. The van der Waals surface area contributed by atoms with Crippen LogP contribution in [-0.2, 0) is 20.8 Å². The molecule has 1 fully saturated rings. The quantitative estimate of drug-likeness (QED) is 0.522. The number of hydrogen-bond donors (Lipinski definition) is 4. The number of carboxylic acid groups (broad SMARTS) is 1. The first-order valence-corrected chi connectivity index (χ1v) is 10.5. The van der Waals surface area contributed by atoms with Gasteiger partial charge >= 0.3 is 5.97 Å². The van der Waals surface area contributed by atoms with Crippen LogP contribution in [0.2, 0.25) is 0 Å². The number of nitrogens with one attached hydrogen (secondary N) is 2. The fourth-order valence-corrected chi connectivity index (χ4v) is 4.04. The second kappa shape index (κ2) is 9.30. The predicted octanol–water partition coefficient (Wildman–Crippen LogP) is 1.64. The van der Waals surface area contributed by atoms with Gasteiger partial charge in [0.15, 0.2) is 0 Å². The summed E-state index contributed by atoms with van der Waals surface area (Å²) in [6.07, 6.45) is 3.92. The second-order valence-electron chi connectivity index (χ2n) is 8.07. The lowest BCUT2D eigenvalue weighted by Gasteiger charge is -2.31. The minimum absolute atomic E-state index is 0.142. The lowest BCUT2D eigenvalue weighted by molar-refractivity contribution is -0.150. The Morgan fingerprint density at radius 1 is 1.33 bits per heavy atom. The fraction of sp³-hybridized carbons (Fsp3) is 0.500. The fourth-order valence-electron chi connectivity index (χ4n) is 4.04. The number of carboxylic acids is 1. The van der Waals surface area contributed by atoms with Gasteiger partial charge in [0.25, 0.3) is 0 Å². The molecule has 8 nitrogen and oxygen atoms in total. The van der Waals surface area contributed by atoms with E-state index in [0.29, 0.717) is 32.2 Å². The molecule has 5 N–H and O–H groups in total. The highest BCUT2D eigenvalue weighted by Gasteiger charge is 2.39. The van der Waals surface area contributed by atoms with Crippen LogP contribution in [0.5, 0.6) is 0 Å². The summed E-state index contributed by atoms with van der Waals surface area (Å²) in [5.41, 5.74) is 8.08. The molecular formula is C22H30N4O4. The van der Waals surface area contributed by atoms with Gasteiger partial charge in [0, 0.05) is 23.6 Å². The van der Waals surface area contributed by atoms with Crippen LogP contribution < -0.4 is 11.1 Å². The van der Waals surface area contributed by atoms with Crippen molar-refractivity contribution in [1.82, 2.24) is 15.2 Å². The zero-order chi connectivity index (χ0) is 21.8. The molecule has 0 spiro atoms. The van der Waals surface area contributed by atoms with E-state index >= 15 is 0 Å². The summed E-state index contributed by atoms with van der Waals surface area (Å²) in [5.74, 6) is -1.91. The number of H-pyrrole nitrogens is 1. The van der Waals surface area contributed by atoms with Gasteiger partial charge in [-0.2, -0.15) is 0 Å². The first kappa shape index (κ1) is 21.8. The molecule has 0 radical (unpaired) electrons. The number of hydrogen-bond acceptors (Lipinski definition) is 4. The number of para-hydroxylation sites is 1. The summed E-state index contributed by atoms with van der Waals surface area (Å²) >= 11 is 0. The number of rotatable bonds is 8. The van der Waals surface area contributed by atoms with Crippen molar-refractivity contribution < 1.29 is 19.5 Å². The molecule has 162 valence electrons. The van der Waals surface area contributed by atoms with Crippen molar-refractivity contribution in [3.05, 3.63) is 36.0 Å². The standard InChI is InChI=1S/C22H30N4O4/c1-3-13(2)19(21(28)26-10-6-9-18(26)22(29)30)25-20(27)16(23)11-14-12-24-17-8-5-4-7-15(14)17/h4-5,7-8,12-13,16,18-19,24H,3,6,9-11,23H2,1-2H3,(H,25,27)(H,29,30)/t13-,16-,18-,19-/m0/s1. The maximum absolute atomic E-state index is 13.1. The first-order chi connectivity index (χ1) is 14.3. The second-order valence-corrected chi connectivity index (χ2v) is 8.07. The molecule has 1 aromatic heterocycles. The maximum Gasteiger partial charge on any atom is 0.326 e. The summed E-state index contributed by atoms with van der Waals surface area (Å²) in [4.78, 5) is 42.0. The number of nitrogens with zero attached hydrogens (tertiary/aromatic N) is 1. The van der Waals surface area contributed by atoms with Crippen LogP contribution in [0.25, 0.3) is 10.9 Å². The molecule has 1 aliphatic heterocycles. The Balaban J connectivity index is 1.71. The number of benzene rings is 1. The summed E-state index contributed by atoms with van der Waals surface area (Å²) in [6.45, 7) is 4.20. The normalized spacial score (nSPS) is 19.4. The number of amides is 2. The molecule has 0 unspecified atom stereocenters. The largest absolute Gasteiger partial charge is 0.480 e. The zero-order valence-corrected chi connectivity index (χ0v) is 17.4. The van der Waals surface area contributed by atoms with Crippen LogP contribution in [0.15, 0.2) is 30.5 Å². The number of carbonyl (C=O) groups is 3. The van der Waals surface area contributed by atoms with Gasteiger partial charge in [-0.25, -0.2) is 4.79 Å². The van der Waals surface area contributed by atoms with Crippen molar-refractivity contribution in [1.29, 1.82) is 0 Å². The molecule has 0 bridgehead atoms. The van der Waals surface area contributed by atoms with Gasteiger partial charge in [-0.3, -0.25) is 9.59 Å². The Morgan fingerprint density at radius 2 is 2.07 bits per heavy atom. The van der Waals surface area contributed by atoms with E-state index in [1.165, 1.54) is 4.90 Å². The smallest absolute Gasteiger partial charge is 0.326 e. The van der Waals surface area contributed by atoms with Crippen molar-refractivity contribution in [3.63, 3.8) is 0 Å². The van der Waals surface area contributed by atoms with E-state index in [0.717, 1.165) is 16.5 Å². The van der Waals surface area contributed by atoms with Crippen LogP contribution in [0.3, 0.4) is 0 Å². The summed E-state index contributed by atoms with van der Waals surface area (Å²) in [6, 6.07) is 5.33. The van der Waals surface area contributed by atoms with E-state index < -0.39 is 30.0 Å². The lowest BCUT2D eigenvalue weighted by Crippen LogP contribution is -2.57. The van der Waals surface area contributed by atoms with E-state index in [1.807, 2.05) is 44.3 Å². The van der Waals surface area contributed by atoms with Crippen molar-refractivity contribution in [2.24, 2.45) is 11.7 Å². The molecule has 30 heavy (non-hydrogen) atoms. The van der Waals surface area contributed by atoms with E-state index in [-0.39, 0.29) is 11.8 Å². The van der Waals surface area contributed by atoms with Crippen LogP contribution in [0.1, 0.15) is 38.7 Å². The number of fused-ring (bicyclic) bond motifs is 1. The Bertz CT molecular complexity index is 925. The molecule has 2 heterocycles. The molecule has 0 aliphatic carbocycles. The van der Waals surface area contributed by atoms with Crippen LogP contribution >= 0.6 is 0 Å². The van der Waals surface area contributed by atoms with Crippen LogP contribution in [0, 0.1) is 5.92 Å². The SMILES string of the molecule is CC[C@H](C)[C@H](NC(=O)[C@@H](N)Cc1c[nH]c2ccccc12)C(=O)N1CCC[C@H]1C(=O)O. The number of aliphatic carboxylic acids is 1. The molecule has 8 heteroatoms. The van der Waals surface area contributed by atoms with Gasteiger partial charge in [-0.1, -0.05) is 38.5 Å². The number of aromatic amines is 1. The average Bonchev–Trinajstić information content (AvgIpc) is 3.38. The van der Waals surface area contributed by atoms with E-state index in [4.69, 9.17) is 5.73 Å². The van der Waals surface area contributed by atoms with Crippen molar-refractivity contribution >= 4 is 28.7 Å². The molecule has 1 aromatic carbocycles. The average molecular weight is 415 g/mol. The molecule has 4 atom stereocenters. The molecular weight excluding hydrogens is 384 g/mol. The van der Waals surface area contributed by atoms with E-state index in [1.54, 1.807) is 0 Å². The zero-order valence-electron chi connectivity index (χ0n) is 17.4. The molecule has 0 saturated carbocycles. The summed E-state index contributed by atoms with van der Waals surface area (Å²) < 4.78 is 0. The minimum atomic E-state index is -1.01. The Labute approximate surface area is 175 Å². The van der Waals surface area contributed by atoms with Crippen molar-refractivity contribution in [2.75, 3.05) is 6.54 Å². The Morgan fingerprint density at radius 3 is 2.77 bits per heavy atom. The van der Waals surface area contributed by atoms with E-state index in [2.05, 4.69) is 10.3 Å². The van der Waals surface area contributed by atoms with Gasteiger partial charge in [0.2, 0.25) is 11.8 Å². The van der Waals surface area contributed by atoms with Gasteiger partial charge in [-0.05, 0) is 36.8 Å².